The third kappa shape index (κ3) is 7.79. The lowest BCUT2D eigenvalue weighted by atomic mass is 10.0. The van der Waals surface area contributed by atoms with Gasteiger partial charge in [-0.2, -0.15) is 0 Å². The lowest BCUT2D eigenvalue weighted by molar-refractivity contribution is 0.920. The predicted molar refractivity (Wildman–Crippen MR) is 235 cm³/mol. The largest absolute Gasteiger partial charge is 0.293 e. The normalized spacial score (nSPS) is 11.4. The Balaban J connectivity index is 1.39. The molecule has 0 saturated carbocycles. The second-order valence-electron chi connectivity index (χ2n) is 13.7. The molecule has 5 heteroatoms. The molecule has 0 radical (unpaired) electrons. The van der Waals surface area contributed by atoms with E-state index in [0.29, 0.717) is 0 Å². The summed E-state index contributed by atoms with van der Waals surface area (Å²) >= 11 is 7.93. The molecule has 0 unspecified atom stereocenters. The van der Waals surface area contributed by atoms with Crippen molar-refractivity contribution in [1.82, 2.24) is 0 Å². The average Bonchev–Trinajstić information content (AvgIpc) is 3.97. The summed E-state index contributed by atoms with van der Waals surface area (Å²) < 4.78 is 0. The first-order valence-electron chi connectivity index (χ1n) is 19.0. The van der Waals surface area contributed by atoms with Gasteiger partial charge in [-0.05, 0) is 102 Å². The molecule has 0 atom stereocenters. The summed E-state index contributed by atoms with van der Waals surface area (Å²) in [6.07, 6.45) is 8.88. The monoisotopic (exact) mass is 755 g/mol. The van der Waals surface area contributed by atoms with Crippen molar-refractivity contribution >= 4 is 61.0 Å². The Hall–Kier alpha value is -3.74. The van der Waals surface area contributed by atoms with Gasteiger partial charge in [-0.25, -0.2) is 0 Å². The smallest absolute Gasteiger partial charge is 0.101 e. The maximum atomic E-state index is 2.57. The predicted octanol–water partition coefficient (Wildman–Crippen LogP) is 16.2. The van der Waals surface area contributed by atoms with Crippen LogP contribution >= 0.6 is 45.3 Å². The molecule has 1 nitrogen and oxygen atoms in total. The zero-order valence-electron chi connectivity index (χ0n) is 31.1. The van der Waals surface area contributed by atoms with Crippen LogP contribution in [-0.2, 0) is 25.7 Å². The van der Waals surface area contributed by atoms with Gasteiger partial charge in [-0.3, -0.25) is 4.90 Å². The van der Waals surface area contributed by atoms with E-state index in [1.165, 1.54) is 83.9 Å². The van der Waals surface area contributed by atoms with Gasteiger partial charge in [-0.1, -0.05) is 132 Å². The van der Waals surface area contributed by atoms with Crippen LogP contribution < -0.4 is 4.90 Å². The van der Waals surface area contributed by atoms with Gasteiger partial charge in [0.2, 0.25) is 0 Å². The summed E-state index contributed by atoms with van der Waals surface area (Å²) in [6, 6.07) is 41.0. The van der Waals surface area contributed by atoms with Gasteiger partial charge in [-0.15, -0.1) is 45.3 Å². The zero-order valence-corrected chi connectivity index (χ0v) is 34.4. The first-order chi connectivity index (χ1) is 25.5. The van der Waals surface area contributed by atoms with Gasteiger partial charge in [0.1, 0.15) is 10.0 Å². The molecule has 0 N–H and O–H groups in total. The van der Waals surface area contributed by atoms with Gasteiger partial charge < -0.3 is 0 Å². The lowest BCUT2D eigenvalue weighted by Gasteiger charge is -2.22. The van der Waals surface area contributed by atoms with Gasteiger partial charge >= 0.3 is 0 Å². The highest BCUT2D eigenvalue weighted by atomic mass is 32.1. The highest BCUT2D eigenvalue weighted by molar-refractivity contribution is 7.27. The van der Waals surface area contributed by atoms with Crippen LogP contribution in [0.5, 0.6) is 0 Å². The van der Waals surface area contributed by atoms with E-state index < -0.39 is 0 Å². The van der Waals surface area contributed by atoms with E-state index >= 15 is 0 Å². The Kier molecular flexibility index (Phi) is 11.9. The minimum atomic E-state index is 1.08. The van der Waals surface area contributed by atoms with Crippen molar-refractivity contribution in [1.29, 1.82) is 0 Å². The first kappa shape index (κ1) is 36.6. The van der Waals surface area contributed by atoms with Crippen molar-refractivity contribution in [3.05, 3.63) is 137 Å². The van der Waals surface area contributed by atoms with E-state index in [9.17, 15) is 0 Å². The van der Waals surface area contributed by atoms with Crippen molar-refractivity contribution in [2.45, 2.75) is 86.0 Å². The standard InChI is InChI=1S/C47H49NS4/c1-6-16-35-28-40(33-20-12-10-13-21-33)49-44(35)46-37(18-8-3)30-42(51-46)48(39-26-24-32(5)25-27-39)43-31-38(19-9-4)47(52-43)45-36(17-7-2)29-41(50-45)34-22-14-11-15-23-34/h10-15,20-31H,6-9,16-19H2,1-5H3. The van der Waals surface area contributed by atoms with Gasteiger partial charge in [0.25, 0.3) is 0 Å². The molecule has 3 aromatic carbocycles. The fraction of sp³-hybridized carbons (Fsp3) is 0.277. The molecule has 0 aliphatic carbocycles. The molecule has 4 aromatic heterocycles. The molecular weight excluding hydrogens is 707 g/mol. The molecule has 0 bridgehead atoms. The Morgan fingerprint density at radius 2 is 0.788 bits per heavy atom. The summed E-state index contributed by atoms with van der Waals surface area (Å²) in [4.78, 5) is 11.1. The molecular formula is C47H49NS4. The molecule has 0 aliphatic rings. The minimum Gasteiger partial charge on any atom is -0.293 e. The lowest BCUT2D eigenvalue weighted by Crippen LogP contribution is -2.06. The molecule has 0 amide bonds. The Morgan fingerprint density at radius 1 is 0.423 bits per heavy atom. The number of aryl methyl sites for hydroxylation is 5. The van der Waals surface area contributed by atoms with E-state index in [0.717, 1.165) is 51.4 Å². The SMILES string of the molecule is CCCc1cc(-c2ccccc2)sc1-c1sc(N(c2ccc(C)cc2)c2cc(CCC)c(-c3sc(-c4ccccc4)cc3CCC)s2)cc1CCC. The number of rotatable bonds is 15. The summed E-state index contributed by atoms with van der Waals surface area (Å²) in [7, 11) is 0. The molecule has 7 rings (SSSR count). The zero-order chi connectivity index (χ0) is 36.0. The van der Waals surface area contributed by atoms with Crippen LogP contribution in [0.25, 0.3) is 40.4 Å². The molecule has 0 saturated heterocycles. The van der Waals surface area contributed by atoms with Crippen LogP contribution in [0, 0.1) is 6.92 Å². The third-order valence-electron chi connectivity index (χ3n) is 9.55. The topological polar surface area (TPSA) is 3.24 Å². The number of anilines is 3. The van der Waals surface area contributed by atoms with Crippen LogP contribution in [0.4, 0.5) is 15.7 Å². The Labute approximate surface area is 327 Å². The summed E-state index contributed by atoms with van der Waals surface area (Å²) in [5, 5.41) is 2.61. The molecule has 0 spiro atoms. The molecule has 7 aromatic rings. The third-order valence-corrected chi connectivity index (χ3v) is 14.7. The van der Waals surface area contributed by atoms with Crippen molar-refractivity contribution in [2.24, 2.45) is 0 Å². The van der Waals surface area contributed by atoms with E-state index in [1.54, 1.807) is 0 Å². The number of thiophene rings is 4. The van der Waals surface area contributed by atoms with Crippen LogP contribution in [0.3, 0.4) is 0 Å². The van der Waals surface area contributed by atoms with Gasteiger partial charge in [0, 0.05) is 35.0 Å². The quantitative estimate of drug-likeness (QED) is 0.101. The summed E-state index contributed by atoms with van der Waals surface area (Å²) in [6.45, 7) is 11.4. The fourth-order valence-electron chi connectivity index (χ4n) is 7.04. The van der Waals surface area contributed by atoms with Crippen molar-refractivity contribution in [3.8, 4) is 40.4 Å². The summed E-state index contributed by atoms with van der Waals surface area (Å²) in [5.74, 6) is 0. The van der Waals surface area contributed by atoms with E-state index in [2.05, 4.69) is 149 Å². The van der Waals surface area contributed by atoms with Crippen molar-refractivity contribution in [2.75, 3.05) is 4.90 Å². The van der Waals surface area contributed by atoms with Crippen LogP contribution in [0.1, 0.15) is 81.2 Å². The second kappa shape index (κ2) is 16.9. The molecule has 0 aliphatic heterocycles. The first-order valence-corrected chi connectivity index (χ1v) is 22.3. The average molecular weight is 756 g/mol. The maximum absolute atomic E-state index is 2.57. The fourth-order valence-corrected chi connectivity index (χ4v) is 12.4. The highest BCUT2D eigenvalue weighted by Gasteiger charge is 2.26. The number of hydrogen-bond donors (Lipinski definition) is 0. The van der Waals surface area contributed by atoms with Crippen LogP contribution in [-0.4, -0.2) is 0 Å². The van der Waals surface area contributed by atoms with Crippen molar-refractivity contribution < 1.29 is 0 Å². The Morgan fingerprint density at radius 3 is 1.17 bits per heavy atom. The molecule has 52 heavy (non-hydrogen) atoms. The van der Waals surface area contributed by atoms with Gasteiger partial charge in [0.05, 0.1) is 0 Å². The van der Waals surface area contributed by atoms with Crippen LogP contribution in [0.15, 0.2) is 109 Å². The number of benzene rings is 3. The van der Waals surface area contributed by atoms with Crippen molar-refractivity contribution in [3.63, 3.8) is 0 Å². The Bertz CT molecular complexity index is 2060. The van der Waals surface area contributed by atoms with E-state index in [-0.39, 0.29) is 0 Å². The number of nitrogens with zero attached hydrogens (tertiary/aromatic N) is 1. The molecule has 0 fully saturated rings. The van der Waals surface area contributed by atoms with E-state index in [4.69, 9.17) is 0 Å². The molecule has 4 heterocycles. The summed E-state index contributed by atoms with van der Waals surface area (Å²) in [5.41, 5.74) is 11.1. The van der Waals surface area contributed by atoms with E-state index in [1.807, 2.05) is 45.3 Å². The van der Waals surface area contributed by atoms with Gasteiger partial charge in [0.15, 0.2) is 0 Å². The molecule has 266 valence electrons. The second-order valence-corrected chi connectivity index (χ2v) is 17.9. The minimum absolute atomic E-state index is 1.08. The highest BCUT2D eigenvalue weighted by Crippen LogP contribution is 2.52. The maximum Gasteiger partial charge on any atom is 0.101 e. The number of hydrogen-bond acceptors (Lipinski definition) is 5. The van der Waals surface area contributed by atoms with Crippen LogP contribution in [0.2, 0.25) is 0 Å².